The number of imidazole rings is 1. The molecular weight excluding hydrogens is 250 g/mol. The van der Waals surface area contributed by atoms with Crippen molar-refractivity contribution in [3.8, 4) is 0 Å². The highest BCUT2D eigenvalue weighted by Gasteiger charge is 2.25. The maximum atomic E-state index is 12.8. The molecule has 2 rings (SSSR count). The van der Waals surface area contributed by atoms with Crippen molar-refractivity contribution >= 4 is 0 Å². The molecule has 1 fully saturated rings. The summed E-state index contributed by atoms with van der Waals surface area (Å²) in [5.74, 6) is 0.437. The maximum Gasteiger partial charge on any atom is 0.319 e. The van der Waals surface area contributed by atoms with Crippen molar-refractivity contribution in [1.29, 1.82) is 0 Å². The summed E-state index contributed by atoms with van der Waals surface area (Å²) < 4.78 is 26.5. The Balaban J connectivity index is 2.00. The molecule has 108 valence electrons. The van der Waals surface area contributed by atoms with Crippen LogP contribution in [0.15, 0.2) is 12.4 Å². The van der Waals surface area contributed by atoms with Gasteiger partial charge >= 0.3 is 6.55 Å². The molecular formula is C13H22F2N4. The van der Waals surface area contributed by atoms with Crippen LogP contribution in [0.4, 0.5) is 8.78 Å². The van der Waals surface area contributed by atoms with Gasteiger partial charge in [-0.3, -0.25) is 9.47 Å². The van der Waals surface area contributed by atoms with Crippen LogP contribution in [0, 0.1) is 0 Å². The second kappa shape index (κ2) is 6.43. The summed E-state index contributed by atoms with van der Waals surface area (Å²) in [5.41, 5.74) is 5.90. The van der Waals surface area contributed by atoms with Gasteiger partial charge in [-0.05, 0) is 32.2 Å². The van der Waals surface area contributed by atoms with Gasteiger partial charge in [0.25, 0.3) is 0 Å². The van der Waals surface area contributed by atoms with Crippen molar-refractivity contribution in [3.05, 3.63) is 18.2 Å². The molecule has 1 heterocycles. The van der Waals surface area contributed by atoms with Crippen LogP contribution in [0.25, 0.3) is 0 Å². The molecule has 19 heavy (non-hydrogen) atoms. The van der Waals surface area contributed by atoms with Crippen LogP contribution in [0.1, 0.15) is 45.0 Å². The van der Waals surface area contributed by atoms with Gasteiger partial charge < -0.3 is 5.73 Å². The lowest BCUT2D eigenvalue weighted by atomic mass is 9.91. The van der Waals surface area contributed by atoms with Crippen molar-refractivity contribution < 1.29 is 8.78 Å². The summed E-state index contributed by atoms with van der Waals surface area (Å²) in [6.45, 7) is 0.865. The Bertz CT molecular complexity index is 386. The lowest BCUT2D eigenvalue weighted by Crippen LogP contribution is -2.40. The zero-order valence-electron chi connectivity index (χ0n) is 11.3. The Labute approximate surface area is 112 Å². The second-order valence-corrected chi connectivity index (χ2v) is 5.16. The molecule has 2 N–H and O–H groups in total. The molecule has 6 heteroatoms. The van der Waals surface area contributed by atoms with Gasteiger partial charge in [-0.25, -0.2) is 4.98 Å². The fourth-order valence-electron chi connectivity index (χ4n) is 2.79. The minimum Gasteiger partial charge on any atom is -0.328 e. The van der Waals surface area contributed by atoms with Crippen LogP contribution in [0.2, 0.25) is 0 Å². The molecule has 1 aromatic heterocycles. The quantitative estimate of drug-likeness (QED) is 0.895. The van der Waals surface area contributed by atoms with Crippen molar-refractivity contribution in [3.63, 3.8) is 0 Å². The number of halogens is 2. The Morgan fingerprint density at radius 1 is 1.42 bits per heavy atom. The van der Waals surface area contributed by atoms with Gasteiger partial charge in [-0.2, -0.15) is 8.78 Å². The molecule has 4 nitrogen and oxygen atoms in total. The van der Waals surface area contributed by atoms with Crippen LogP contribution >= 0.6 is 0 Å². The van der Waals surface area contributed by atoms with Crippen LogP contribution < -0.4 is 5.73 Å². The van der Waals surface area contributed by atoms with E-state index in [0.29, 0.717) is 24.5 Å². The fraction of sp³-hybridized carbons (Fsp3) is 0.769. The lowest BCUT2D eigenvalue weighted by molar-refractivity contribution is 0.0607. The summed E-state index contributed by atoms with van der Waals surface area (Å²) in [7, 11) is 0. The van der Waals surface area contributed by atoms with E-state index in [1.54, 1.807) is 0 Å². The van der Waals surface area contributed by atoms with Crippen LogP contribution in [0.5, 0.6) is 0 Å². The highest BCUT2D eigenvalue weighted by molar-refractivity contribution is 4.94. The summed E-state index contributed by atoms with van der Waals surface area (Å²) in [6, 6.07) is 0.741. The molecule has 0 unspecified atom stereocenters. The normalized spacial score (nSPS) is 24.3. The summed E-state index contributed by atoms with van der Waals surface area (Å²) in [5, 5.41) is 0. The molecule has 0 amide bonds. The van der Waals surface area contributed by atoms with E-state index in [-0.39, 0.29) is 0 Å². The fourth-order valence-corrected chi connectivity index (χ4v) is 2.79. The molecule has 1 aliphatic rings. The van der Waals surface area contributed by atoms with E-state index < -0.39 is 6.55 Å². The van der Waals surface area contributed by atoms with Crippen LogP contribution in [-0.2, 0) is 6.54 Å². The molecule has 0 bridgehead atoms. The van der Waals surface area contributed by atoms with Crippen molar-refractivity contribution in [2.24, 2.45) is 5.73 Å². The molecule has 0 spiro atoms. The predicted octanol–water partition coefficient (Wildman–Crippen LogP) is 2.37. The van der Waals surface area contributed by atoms with E-state index in [4.69, 9.17) is 5.73 Å². The van der Waals surface area contributed by atoms with Gasteiger partial charge in [0.1, 0.15) is 5.82 Å². The van der Waals surface area contributed by atoms with E-state index in [1.165, 1.54) is 12.4 Å². The first-order valence-electron chi connectivity index (χ1n) is 6.91. The number of alkyl halides is 2. The third-order valence-electron chi connectivity index (χ3n) is 3.97. The summed E-state index contributed by atoms with van der Waals surface area (Å²) in [4.78, 5) is 6.28. The molecule has 0 saturated heterocycles. The van der Waals surface area contributed by atoms with Crippen molar-refractivity contribution in [2.75, 3.05) is 6.54 Å². The SMILES string of the molecule is CCN(Cc1nccn1C(F)F)C1CCC(N)CC1. The average Bonchev–Trinajstić information content (AvgIpc) is 2.85. The second-order valence-electron chi connectivity index (χ2n) is 5.16. The zero-order chi connectivity index (χ0) is 13.8. The van der Waals surface area contributed by atoms with Gasteiger partial charge in [-0.1, -0.05) is 6.92 Å². The largest absolute Gasteiger partial charge is 0.328 e. The minimum atomic E-state index is -2.52. The zero-order valence-corrected chi connectivity index (χ0v) is 11.3. The van der Waals surface area contributed by atoms with Crippen LogP contribution in [0.3, 0.4) is 0 Å². The Kier molecular flexibility index (Phi) is 4.87. The van der Waals surface area contributed by atoms with E-state index in [2.05, 4.69) is 16.8 Å². The smallest absolute Gasteiger partial charge is 0.319 e. The molecule has 0 atom stereocenters. The van der Waals surface area contributed by atoms with Gasteiger partial charge in [0.15, 0.2) is 0 Å². The topological polar surface area (TPSA) is 47.1 Å². The molecule has 1 aromatic rings. The summed E-state index contributed by atoms with van der Waals surface area (Å²) >= 11 is 0. The third kappa shape index (κ3) is 3.51. The standard InChI is InChI=1S/C13H22F2N4/c1-2-18(11-5-3-10(16)4-6-11)9-12-17-7-8-19(12)13(14)15/h7-8,10-11,13H,2-6,9,16H2,1H3. The summed E-state index contributed by atoms with van der Waals surface area (Å²) in [6.07, 6.45) is 6.90. The maximum absolute atomic E-state index is 12.8. The molecule has 1 saturated carbocycles. The highest BCUT2D eigenvalue weighted by atomic mass is 19.3. The monoisotopic (exact) mass is 272 g/mol. The predicted molar refractivity (Wildman–Crippen MR) is 69.8 cm³/mol. The number of hydrogen-bond donors (Lipinski definition) is 1. The number of aromatic nitrogens is 2. The third-order valence-corrected chi connectivity index (χ3v) is 3.97. The lowest BCUT2D eigenvalue weighted by Gasteiger charge is -2.35. The average molecular weight is 272 g/mol. The van der Waals surface area contributed by atoms with Crippen LogP contribution in [-0.4, -0.2) is 33.1 Å². The van der Waals surface area contributed by atoms with Gasteiger partial charge in [0.05, 0.1) is 6.54 Å². The first kappa shape index (κ1) is 14.4. The number of hydrogen-bond acceptors (Lipinski definition) is 3. The molecule has 0 aliphatic heterocycles. The van der Waals surface area contributed by atoms with Gasteiger partial charge in [-0.15, -0.1) is 0 Å². The van der Waals surface area contributed by atoms with Gasteiger partial charge in [0, 0.05) is 24.5 Å². The minimum absolute atomic E-state index is 0.304. The van der Waals surface area contributed by atoms with Crippen molar-refractivity contribution in [1.82, 2.24) is 14.5 Å². The first-order chi connectivity index (χ1) is 9.11. The highest BCUT2D eigenvalue weighted by Crippen LogP contribution is 2.24. The first-order valence-corrected chi connectivity index (χ1v) is 6.91. The molecule has 0 radical (unpaired) electrons. The Morgan fingerprint density at radius 2 is 2.11 bits per heavy atom. The Morgan fingerprint density at radius 3 is 2.68 bits per heavy atom. The number of nitrogens with two attached hydrogens (primary N) is 1. The van der Waals surface area contributed by atoms with Crippen molar-refractivity contribution in [2.45, 2.75) is 57.8 Å². The van der Waals surface area contributed by atoms with E-state index in [0.717, 1.165) is 36.8 Å². The number of nitrogens with zero attached hydrogens (tertiary/aromatic N) is 3. The van der Waals surface area contributed by atoms with E-state index in [9.17, 15) is 8.78 Å². The molecule has 0 aromatic carbocycles. The van der Waals surface area contributed by atoms with E-state index in [1.807, 2.05) is 0 Å². The Hall–Kier alpha value is -1.01. The van der Waals surface area contributed by atoms with E-state index >= 15 is 0 Å². The van der Waals surface area contributed by atoms with Gasteiger partial charge in [0.2, 0.25) is 0 Å². The number of rotatable bonds is 5. The molecule has 1 aliphatic carbocycles.